The molecule has 0 aliphatic carbocycles. The standard InChI is InChI=1S/C12H14FNO4.ClH/c1-16-10-5-7(8(13)6-11(10)17-2)9-3-4-18-12(15)14-9;/h5-6,9H,3-4H2,1-2H3,(H,14,15);1H/t9-;/m1./s1. The number of nitrogens with one attached hydrogen (secondary N) is 1. The average Bonchev–Trinajstić information content (AvgIpc) is 2.38. The highest BCUT2D eigenvalue weighted by molar-refractivity contribution is 5.85. The Balaban J connectivity index is 0.00000180. The van der Waals surface area contributed by atoms with Gasteiger partial charge in [-0.15, -0.1) is 12.4 Å². The molecule has 7 heteroatoms. The van der Waals surface area contributed by atoms with Crippen molar-refractivity contribution in [1.29, 1.82) is 0 Å². The maximum Gasteiger partial charge on any atom is 0.407 e. The number of hydrogen-bond acceptors (Lipinski definition) is 4. The number of halogens is 2. The Kier molecular flexibility index (Phi) is 5.23. The molecule has 1 heterocycles. The molecule has 1 saturated heterocycles. The van der Waals surface area contributed by atoms with Crippen LogP contribution in [0, 0.1) is 5.82 Å². The van der Waals surface area contributed by atoms with Crippen LogP contribution in [0.4, 0.5) is 9.18 Å². The summed E-state index contributed by atoms with van der Waals surface area (Å²) >= 11 is 0. The Morgan fingerprint density at radius 2 is 1.95 bits per heavy atom. The minimum absolute atomic E-state index is 0. The molecule has 2 rings (SSSR count). The molecular weight excluding hydrogens is 277 g/mol. The number of amides is 1. The second-order valence-electron chi connectivity index (χ2n) is 3.85. The quantitative estimate of drug-likeness (QED) is 0.929. The Morgan fingerprint density at radius 3 is 2.53 bits per heavy atom. The fraction of sp³-hybridized carbons (Fsp3) is 0.417. The number of ether oxygens (including phenoxy) is 3. The molecule has 1 aliphatic rings. The summed E-state index contributed by atoms with van der Waals surface area (Å²) in [6, 6.07) is 2.37. The van der Waals surface area contributed by atoms with E-state index in [9.17, 15) is 9.18 Å². The lowest BCUT2D eigenvalue weighted by Gasteiger charge is -2.24. The minimum atomic E-state index is -0.541. The van der Waals surface area contributed by atoms with E-state index in [-0.39, 0.29) is 19.0 Å². The van der Waals surface area contributed by atoms with Crippen molar-refractivity contribution in [2.45, 2.75) is 12.5 Å². The summed E-state index contributed by atoms with van der Waals surface area (Å²) in [4.78, 5) is 11.1. The molecule has 19 heavy (non-hydrogen) atoms. The number of carbonyl (C=O) groups excluding carboxylic acids is 1. The van der Waals surface area contributed by atoms with Gasteiger partial charge in [0.15, 0.2) is 11.5 Å². The summed E-state index contributed by atoms with van der Waals surface area (Å²) < 4.78 is 28.8. The number of rotatable bonds is 3. The van der Waals surface area contributed by atoms with Crippen LogP contribution in [-0.4, -0.2) is 26.9 Å². The molecule has 1 N–H and O–H groups in total. The molecule has 0 bridgehead atoms. The van der Waals surface area contributed by atoms with Crippen LogP contribution in [0.5, 0.6) is 11.5 Å². The highest BCUT2D eigenvalue weighted by atomic mass is 35.5. The van der Waals surface area contributed by atoms with Crippen molar-refractivity contribution >= 4 is 18.5 Å². The van der Waals surface area contributed by atoms with E-state index < -0.39 is 18.0 Å². The molecule has 0 radical (unpaired) electrons. The van der Waals surface area contributed by atoms with Crippen molar-refractivity contribution in [1.82, 2.24) is 5.32 Å². The number of carbonyl (C=O) groups is 1. The molecule has 1 amide bonds. The molecule has 0 unspecified atom stereocenters. The Morgan fingerprint density at radius 1 is 1.32 bits per heavy atom. The van der Waals surface area contributed by atoms with Gasteiger partial charge in [-0.05, 0) is 6.07 Å². The first-order chi connectivity index (χ1) is 8.65. The summed E-state index contributed by atoms with van der Waals surface area (Å²) in [7, 11) is 2.91. The van der Waals surface area contributed by atoms with E-state index in [1.807, 2.05) is 0 Å². The maximum atomic E-state index is 13.9. The molecule has 1 aromatic rings. The van der Waals surface area contributed by atoms with E-state index in [0.29, 0.717) is 23.5 Å². The van der Waals surface area contributed by atoms with Crippen LogP contribution in [0.15, 0.2) is 12.1 Å². The Hall–Kier alpha value is -1.69. The summed E-state index contributed by atoms with van der Waals surface area (Å²) in [6.07, 6.45) is -0.0292. The molecule has 1 fully saturated rings. The molecule has 5 nitrogen and oxygen atoms in total. The van der Waals surface area contributed by atoms with E-state index in [1.165, 1.54) is 26.4 Å². The van der Waals surface area contributed by atoms with E-state index in [4.69, 9.17) is 14.2 Å². The zero-order valence-electron chi connectivity index (χ0n) is 10.6. The van der Waals surface area contributed by atoms with Gasteiger partial charge in [0.05, 0.1) is 26.9 Å². The van der Waals surface area contributed by atoms with Crippen LogP contribution in [0.2, 0.25) is 0 Å². The third-order valence-corrected chi connectivity index (χ3v) is 2.81. The molecule has 0 aromatic heterocycles. The lowest BCUT2D eigenvalue weighted by atomic mass is 10.0. The van der Waals surface area contributed by atoms with E-state index in [0.717, 1.165) is 0 Å². The second-order valence-corrected chi connectivity index (χ2v) is 3.85. The van der Waals surface area contributed by atoms with E-state index >= 15 is 0 Å². The normalized spacial score (nSPS) is 17.8. The van der Waals surface area contributed by atoms with Crippen molar-refractivity contribution in [3.05, 3.63) is 23.5 Å². The molecule has 1 aliphatic heterocycles. The van der Waals surface area contributed by atoms with Crippen LogP contribution >= 0.6 is 12.4 Å². The largest absolute Gasteiger partial charge is 0.493 e. The molecule has 0 saturated carbocycles. The van der Waals surface area contributed by atoms with Crippen LogP contribution in [0.3, 0.4) is 0 Å². The second kappa shape index (κ2) is 6.47. The van der Waals surface area contributed by atoms with Gasteiger partial charge >= 0.3 is 6.09 Å². The van der Waals surface area contributed by atoms with Crippen LogP contribution in [-0.2, 0) is 4.74 Å². The number of methoxy groups -OCH3 is 2. The predicted octanol–water partition coefficient (Wildman–Crippen LogP) is 2.44. The lowest BCUT2D eigenvalue weighted by Crippen LogP contribution is -2.35. The van der Waals surface area contributed by atoms with E-state index in [2.05, 4.69) is 5.32 Å². The number of hydrogen-bond donors (Lipinski definition) is 1. The van der Waals surface area contributed by atoms with Crippen molar-refractivity contribution in [3.63, 3.8) is 0 Å². The minimum Gasteiger partial charge on any atom is -0.493 e. The monoisotopic (exact) mass is 291 g/mol. The molecule has 106 valence electrons. The fourth-order valence-corrected chi connectivity index (χ4v) is 1.90. The molecule has 1 atom stereocenters. The number of alkyl carbamates (subject to hydrolysis) is 1. The summed E-state index contributed by atoms with van der Waals surface area (Å²) in [5, 5.41) is 2.56. The summed E-state index contributed by atoms with van der Waals surface area (Å²) in [5.74, 6) is 0.298. The van der Waals surface area contributed by atoms with Gasteiger partial charge in [0.25, 0.3) is 0 Å². The maximum absolute atomic E-state index is 13.9. The third kappa shape index (κ3) is 3.20. The molecular formula is C12H15ClFNO4. The predicted molar refractivity (Wildman–Crippen MR) is 68.6 cm³/mol. The average molecular weight is 292 g/mol. The first kappa shape index (κ1) is 15.4. The lowest BCUT2D eigenvalue weighted by molar-refractivity contribution is 0.115. The first-order valence-electron chi connectivity index (χ1n) is 5.50. The fourth-order valence-electron chi connectivity index (χ4n) is 1.90. The summed E-state index contributed by atoms with van der Waals surface area (Å²) in [5.41, 5.74) is 0.365. The number of cyclic esters (lactones) is 1. The van der Waals surface area contributed by atoms with Crippen molar-refractivity contribution in [2.75, 3.05) is 20.8 Å². The summed E-state index contributed by atoms with van der Waals surface area (Å²) in [6.45, 7) is 0.268. The first-order valence-corrected chi connectivity index (χ1v) is 5.50. The van der Waals surface area contributed by atoms with Crippen molar-refractivity contribution in [3.8, 4) is 11.5 Å². The Labute approximate surface area is 116 Å². The SMILES string of the molecule is COc1cc(F)c([C@H]2CCOC(=O)N2)cc1OC.Cl. The van der Waals surface area contributed by atoms with Gasteiger partial charge in [-0.25, -0.2) is 9.18 Å². The molecule has 0 spiro atoms. The Bertz CT molecular complexity index is 469. The van der Waals surface area contributed by atoms with Crippen LogP contribution in [0.25, 0.3) is 0 Å². The smallest absolute Gasteiger partial charge is 0.407 e. The zero-order chi connectivity index (χ0) is 13.1. The van der Waals surface area contributed by atoms with Gasteiger partial charge in [-0.1, -0.05) is 0 Å². The van der Waals surface area contributed by atoms with Gasteiger partial charge in [0.1, 0.15) is 5.82 Å². The third-order valence-electron chi connectivity index (χ3n) is 2.81. The highest BCUT2D eigenvalue weighted by Crippen LogP contribution is 2.33. The zero-order valence-corrected chi connectivity index (χ0v) is 11.4. The molecule has 1 aromatic carbocycles. The van der Waals surface area contributed by atoms with Crippen molar-refractivity contribution in [2.24, 2.45) is 0 Å². The van der Waals surface area contributed by atoms with Gasteiger partial charge in [0.2, 0.25) is 0 Å². The van der Waals surface area contributed by atoms with Crippen LogP contribution in [0.1, 0.15) is 18.0 Å². The highest BCUT2D eigenvalue weighted by Gasteiger charge is 2.25. The number of benzene rings is 1. The van der Waals surface area contributed by atoms with Gasteiger partial charge < -0.3 is 19.5 Å². The van der Waals surface area contributed by atoms with Crippen molar-refractivity contribution < 1.29 is 23.4 Å². The van der Waals surface area contributed by atoms with Gasteiger partial charge in [-0.3, -0.25) is 0 Å². The topological polar surface area (TPSA) is 56.8 Å². The van der Waals surface area contributed by atoms with Gasteiger partial charge in [0, 0.05) is 18.1 Å². The van der Waals surface area contributed by atoms with Gasteiger partial charge in [-0.2, -0.15) is 0 Å². The van der Waals surface area contributed by atoms with Crippen LogP contribution < -0.4 is 14.8 Å². The van der Waals surface area contributed by atoms with E-state index in [1.54, 1.807) is 0 Å².